The molecular weight excluding hydrogens is 561 g/mol. The summed E-state index contributed by atoms with van der Waals surface area (Å²) in [5.74, 6) is -0.514. The van der Waals surface area contributed by atoms with Crippen LogP contribution in [-0.4, -0.2) is 51.4 Å². The zero-order valence-corrected chi connectivity index (χ0v) is 24.3. The number of ether oxygens (including phenoxy) is 1. The standard InChI is InChI=1S/C28H31Cl2N3O5S/c1-4-15-31-28(35)20(2)32(18-21-13-14-25(29)26(30)16-21)27(34)19-33(22-9-8-10-23(17-22)38-3)39(36,37)24-11-6-5-7-12-24/h5-14,16-17,20H,4,15,18-19H2,1-3H3,(H,31,35). The van der Waals surface area contributed by atoms with Crippen LogP contribution in [0.1, 0.15) is 25.8 Å². The highest BCUT2D eigenvalue weighted by Gasteiger charge is 2.32. The Hall–Kier alpha value is -3.27. The molecule has 0 aliphatic carbocycles. The topological polar surface area (TPSA) is 96.0 Å². The SMILES string of the molecule is CCCNC(=O)C(C)N(Cc1ccc(Cl)c(Cl)c1)C(=O)CN(c1cccc(OC)c1)S(=O)(=O)c1ccccc1. The van der Waals surface area contributed by atoms with Crippen LogP contribution < -0.4 is 14.4 Å². The molecule has 1 atom stereocenters. The quantitative estimate of drug-likeness (QED) is 0.314. The highest BCUT2D eigenvalue weighted by Crippen LogP contribution is 2.28. The molecule has 1 N–H and O–H groups in total. The molecular formula is C28H31Cl2N3O5S. The van der Waals surface area contributed by atoms with Gasteiger partial charge >= 0.3 is 0 Å². The Morgan fingerprint density at radius 2 is 1.69 bits per heavy atom. The van der Waals surface area contributed by atoms with E-state index in [4.69, 9.17) is 27.9 Å². The van der Waals surface area contributed by atoms with Gasteiger partial charge in [0.2, 0.25) is 11.8 Å². The van der Waals surface area contributed by atoms with E-state index in [-0.39, 0.29) is 23.0 Å². The number of anilines is 1. The Bertz CT molecular complexity index is 1400. The summed E-state index contributed by atoms with van der Waals surface area (Å²) in [5, 5.41) is 3.45. The number of carbonyl (C=O) groups is 2. The van der Waals surface area contributed by atoms with E-state index < -0.39 is 28.5 Å². The van der Waals surface area contributed by atoms with Crippen molar-refractivity contribution >= 4 is 50.7 Å². The highest BCUT2D eigenvalue weighted by molar-refractivity contribution is 7.92. The van der Waals surface area contributed by atoms with Gasteiger partial charge in [0.1, 0.15) is 18.3 Å². The molecule has 0 radical (unpaired) electrons. The van der Waals surface area contributed by atoms with Crippen LogP contribution in [0.25, 0.3) is 0 Å². The number of benzene rings is 3. The van der Waals surface area contributed by atoms with Crippen molar-refractivity contribution in [2.24, 2.45) is 0 Å². The normalized spacial score (nSPS) is 11.9. The number of nitrogens with one attached hydrogen (secondary N) is 1. The summed E-state index contributed by atoms with van der Waals surface area (Å²) in [6.07, 6.45) is 0.720. The van der Waals surface area contributed by atoms with Crippen molar-refractivity contribution in [3.05, 3.63) is 88.4 Å². The first kappa shape index (κ1) is 30.3. The number of methoxy groups -OCH3 is 1. The fraction of sp³-hybridized carbons (Fsp3) is 0.286. The van der Waals surface area contributed by atoms with Crippen LogP contribution in [0, 0.1) is 0 Å². The van der Waals surface area contributed by atoms with Gasteiger partial charge in [0.15, 0.2) is 0 Å². The molecule has 39 heavy (non-hydrogen) atoms. The van der Waals surface area contributed by atoms with Crippen LogP contribution in [0.15, 0.2) is 77.7 Å². The van der Waals surface area contributed by atoms with Gasteiger partial charge in [-0.1, -0.05) is 60.5 Å². The second-order valence-corrected chi connectivity index (χ2v) is 11.4. The average molecular weight is 593 g/mol. The first-order valence-electron chi connectivity index (χ1n) is 12.3. The van der Waals surface area contributed by atoms with Gasteiger partial charge in [0.25, 0.3) is 10.0 Å². The van der Waals surface area contributed by atoms with Crippen molar-refractivity contribution in [2.45, 2.75) is 37.8 Å². The molecule has 0 saturated carbocycles. The molecule has 0 aromatic heterocycles. The van der Waals surface area contributed by atoms with Gasteiger partial charge in [-0.25, -0.2) is 8.42 Å². The monoisotopic (exact) mass is 591 g/mol. The molecule has 0 aliphatic heterocycles. The van der Waals surface area contributed by atoms with Crippen molar-refractivity contribution in [2.75, 3.05) is 24.5 Å². The van der Waals surface area contributed by atoms with Crippen molar-refractivity contribution in [1.82, 2.24) is 10.2 Å². The van der Waals surface area contributed by atoms with E-state index in [0.717, 1.165) is 10.7 Å². The molecule has 208 valence electrons. The first-order chi connectivity index (χ1) is 18.6. The third-order valence-corrected chi connectivity index (χ3v) is 8.53. The smallest absolute Gasteiger partial charge is 0.264 e. The van der Waals surface area contributed by atoms with Crippen molar-refractivity contribution < 1.29 is 22.7 Å². The maximum absolute atomic E-state index is 13.9. The van der Waals surface area contributed by atoms with Gasteiger partial charge in [-0.2, -0.15) is 0 Å². The number of hydrogen-bond donors (Lipinski definition) is 1. The third kappa shape index (κ3) is 7.65. The second-order valence-electron chi connectivity index (χ2n) is 8.76. The predicted molar refractivity (Wildman–Crippen MR) is 154 cm³/mol. The first-order valence-corrected chi connectivity index (χ1v) is 14.5. The molecule has 3 aromatic rings. The van der Waals surface area contributed by atoms with Crippen molar-refractivity contribution in [3.8, 4) is 5.75 Å². The van der Waals surface area contributed by atoms with Gasteiger partial charge in [-0.3, -0.25) is 13.9 Å². The summed E-state index contributed by atoms with van der Waals surface area (Å²) in [6.45, 7) is 3.41. The van der Waals surface area contributed by atoms with Crippen LogP contribution >= 0.6 is 23.2 Å². The van der Waals surface area contributed by atoms with E-state index in [2.05, 4.69) is 5.32 Å². The number of hydrogen-bond acceptors (Lipinski definition) is 5. The Morgan fingerprint density at radius 1 is 0.974 bits per heavy atom. The molecule has 0 saturated heterocycles. The van der Waals surface area contributed by atoms with E-state index >= 15 is 0 Å². The van der Waals surface area contributed by atoms with Gasteiger partial charge in [0.05, 0.1) is 27.7 Å². The molecule has 0 aliphatic rings. The fourth-order valence-electron chi connectivity index (χ4n) is 3.83. The number of carbonyl (C=O) groups excluding carboxylic acids is 2. The van der Waals surface area contributed by atoms with Crippen molar-refractivity contribution in [3.63, 3.8) is 0 Å². The summed E-state index contributed by atoms with van der Waals surface area (Å²) in [4.78, 5) is 28.2. The zero-order chi connectivity index (χ0) is 28.6. The van der Waals surface area contributed by atoms with Gasteiger partial charge in [-0.15, -0.1) is 0 Å². The number of rotatable bonds is 12. The zero-order valence-electron chi connectivity index (χ0n) is 21.9. The lowest BCUT2D eigenvalue weighted by Crippen LogP contribution is -2.51. The van der Waals surface area contributed by atoms with E-state index in [1.807, 2.05) is 6.92 Å². The summed E-state index contributed by atoms with van der Waals surface area (Å²) < 4.78 is 33.9. The van der Waals surface area contributed by atoms with Crippen LogP contribution in [-0.2, 0) is 26.2 Å². The lowest BCUT2D eigenvalue weighted by Gasteiger charge is -2.32. The van der Waals surface area contributed by atoms with Crippen LogP contribution in [0.3, 0.4) is 0 Å². The van der Waals surface area contributed by atoms with Gasteiger partial charge in [0, 0.05) is 19.2 Å². The minimum absolute atomic E-state index is 0.00771. The van der Waals surface area contributed by atoms with Crippen LogP contribution in [0.5, 0.6) is 5.75 Å². The lowest BCUT2D eigenvalue weighted by molar-refractivity contribution is -0.139. The molecule has 3 aromatic carbocycles. The molecule has 2 amide bonds. The minimum Gasteiger partial charge on any atom is -0.497 e. The molecule has 1 unspecified atom stereocenters. The Balaban J connectivity index is 2.04. The molecule has 0 bridgehead atoms. The summed E-state index contributed by atoms with van der Waals surface area (Å²) in [6, 6.07) is 18.3. The summed E-state index contributed by atoms with van der Waals surface area (Å²) in [5.41, 5.74) is 0.871. The largest absolute Gasteiger partial charge is 0.497 e. The molecule has 11 heteroatoms. The molecule has 3 rings (SSSR count). The van der Waals surface area contributed by atoms with Crippen LogP contribution in [0.2, 0.25) is 10.0 Å². The molecule has 0 fully saturated rings. The van der Waals surface area contributed by atoms with E-state index in [0.29, 0.717) is 27.9 Å². The maximum Gasteiger partial charge on any atom is 0.264 e. The Kier molecular flexibility index (Phi) is 10.6. The second kappa shape index (κ2) is 13.7. The number of nitrogens with zero attached hydrogens (tertiary/aromatic N) is 2. The number of amides is 2. The lowest BCUT2D eigenvalue weighted by atomic mass is 10.1. The molecule has 0 heterocycles. The van der Waals surface area contributed by atoms with E-state index in [1.54, 1.807) is 61.5 Å². The van der Waals surface area contributed by atoms with Crippen LogP contribution in [0.4, 0.5) is 5.69 Å². The number of halogens is 2. The minimum atomic E-state index is -4.16. The maximum atomic E-state index is 13.9. The summed E-state index contributed by atoms with van der Waals surface area (Å²) >= 11 is 12.3. The summed E-state index contributed by atoms with van der Waals surface area (Å²) in [7, 11) is -2.69. The average Bonchev–Trinajstić information content (AvgIpc) is 2.95. The molecule has 8 nitrogen and oxygen atoms in total. The predicted octanol–water partition coefficient (Wildman–Crippen LogP) is 5.14. The molecule has 0 spiro atoms. The van der Waals surface area contributed by atoms with E-state index in [1.165, 1.54) is 30.2 Å². The fourth-order valence-corrected chi connectivity index (χ4v) is 5.57. The number of sulfonamides is 1. The van der Waals surface area contributed by atoms with Gasteiger partial charge in [-0.05, 0) is 55.3 Å². The highest BCUT2D eigenvalue weighted by atomic mass is 35.5. The van der Waals surface area contributed by atoms with Gasteiger partial charge < -0.3 is 15.0 Å². The third-order valence-electron chi connectivity index (χ3n) is 6.00. The van der Waals surface area contributed by atoms with E-state index in [9.17, 15) is 18.0 Å². The van der Waals surface area contributed by atoms with Crippen molar-refractivity contribution in [1.29, 1.82) is 0 Å². The Morgan fingerprint density at radius 3 is 2.33 bits per heavy atom. The Labute approximate surface area is 239 Å².